The van der Waals surface area contributed by atoms with Gasteiger partial charge in [-0.05, 0) is 11.6 Å². The number of hydrogen-bond acceptors (Lipinski definition) is 5. The number of rotatable bonds is 4. The summed E-state index contributed by atoms with van der Waals surface area (Å²) >= 11 is 0. The maximum Gasteiger partial charge on any atom is 0.242 e. The maximum atomic E-state index is 12.7. The molecule has 0 saturated carbocycles. The molecule has 0 spiro atoms. The fourth-order valence-corrected chi connectivity index (χ4v) is 3.75. The molecule has 0 radical (unpaired) electrons. The summed E-state index contributed by atoms with van der Waals surface area (Å²) in [6.07, 6.45) is 3.93. The Morgan fingerprint density at radius 2 is 1.70 bits per heavy atom. The van der Waals surface area contributed by atoms with Crippen molar-refractivity contribution >= 4 is 17.8 Å². The summed E-state index contributed by atoms with van der Waals surface area (Å²) in [5.41, 5.74) is 1.16. The maximum absolute atomic E-state index is 12.7. The number of benzene rings is 1. The van der Waals surface area contributed by atoms with Crippen LogP contribution >= 0.6 is 0 Å². The molecular formula is C20H23N5O2. The van der Waals surface area contributed by atoms with E-state index >= 15 is 0 Å². The highest BCUT2D eigenvalue weighted by molar-refractivity contribution is 5.86. The predicted octanol–water partition coefficient (Wildman–Crippen LogP) is 1.14. The Morgan fingerprint density at radius 1 is 1.00 bits per heavy atom. The fourth-order valence-electron chi connectivity index (χ4n) is 3.75. The van der Waals surface area contributed by atoms with Crippen LogP contribution in [0.2, 0.25) is 0 Å². The van der Waals surface area contributed by atoms with E-state index in [2.05, 4.69) is 14.9 Å². The molecule has 1 aromatic heterocycles. The van der Waals surface area contributed by atoms with Crippen LogP contribution in [-0.2, 0) is 9.59 Å². The highest BCUT2D eigenvalue weighted by Gasteiger charge is 2.33. The summed E-state index contributed by atoms with van der Waals surface area (Å²) in [6.45, 7) is 3.45. The lowest BCUT2D eigenvalue weighted by molar-refractivity contribution is -0.138. The van der Waals surface area contributed by atoms with E-state index in [1.165, 1.54) is 0 Å². The number of carbonyl (C=O) groups is 2. The van der Waals surface area contributed by atoms with Crippen molar-refractivity contribution in [1.82, 2.24) is 19.8 Å². The molecule has 1 aromatic carbocycles. The number of aromatic nitrogens is 2. The second kappa shape index (κ2) is 7.73. The van der Waals surface area contributed by atoms with Crippen molar-refractivity contribution in [2.24, 2.45) is 0 Å². The molecule has 0 unspecified atom stereocenters. The molecule has 4 rings (SSSR count). The molecule has 2 fully saturated rings. The highest BCUT2D eigenvalue weighted by Crippen LogP contribution is 2.27. The molecule has 0 bridgehead atoms. The first-order chi connectivity index (χ1) is 13.2. The van der Waals surface area contributed by atoms with E-state index in [1.807, 2.05) is 35.2 Å². The van der Waals surface area contributed by atoms with Gasteiger partial charge in [0.1, 0.15) is 0 Å². The fraction of sp³-hybridized carbons (Fsp3) is 0.400. The van der Waals surface area contributed by atoms with Crippen molar-refractivity contribution in [3.8, 4) is 0 Å². The zero-order valence-electron chi connectivity index (χ0n) is 15.2. The van der Waals surface area contributed by atoms with Gasteiger partial charge in [0.2, 0.25) is 17.8 Å². The van der Waals surface area contributed by atoms with Crippen LogP contribution in [0.3, 0.4) is 0 Å². The first kappa shape index (κ1) is 17.5. The topological polar surface area (TPSA) is 69.6 Å². The number of carbonyl (C=O) groups excluding carboxylic acids is 2. The summed E-state index contributed by atoms with van der Waals surface area (Å²) in [4.78, 5) is 39.2. The van der Waals surface area contributed by atoms with E-state index in [0.717, 1.165) is 5.56 Å². The molecule has 0 aliphatic carbocycles. The number of piperazine rings is 1. The number of amides is 2. The van der Waals surface area contributed by atoms with Crippen LogP contribution in [-0.4, -0.2) is 70.9 Å². The van der Waals surface area contributed by atoms with Gasteiger partial charge in [0, 0.05) is 57.5 Å². The van der Waals surface area contributed by atoms with Crippen LogP contribution in [0.1, 0.15) is 17.9 Å². The monoisotopic (exact) mass is 365 g/mol. The molecule has 140 valence electrons. The van der Waals surface area contributed by atoms with E-state index < -0.39 is 0 Å². The molecule has 27 heavy (non-hydrogen) atoms. The van der Waals surface area contributed by atoms with E-state index in [9.17, 15) is 9.59 Å². The first-order valence-corrected chi connectivity index (χ1v) is 9.33. The van der Waals surface area contributed by atoms with Crippen molar-refractivity contribution in [3.05, 3.63) is 54.4 Å². The second-order valence-electron chi connectivity index (χ2n) is 7.00. The summed E-state index contributed by atoms with van der Waals surface area (Å²) < 4.78 is 0. The largest absolute Gasteiger partial charge is 0.338 e. The van der Waals surface area contributed by atoms with E-state index in [1.54, 1.807) is 23.4 Å². The van der Waals surface area contributed by atoms with Crippen molar-refractivity contribution in [1.29, 1.82) is 0 Å². The van der Waals surface area contributed by atoms with Crippen molar-refractivity contribution in [2.45, 2.75) is 12.3 Å². The van der Waals surface area contributed by atoms with E-state index in [-0.39, 0.29) is 24.3 Å². The van der Waals surface area contributed by atoms with E-state index in [0.29, 0.717) is 45.1 Å². The van der Waals surface area contributed by atoms with Crippen LogP contribution in [0.15, 0.2) is 48.8 Å². The number of nitrogens with zero attached hydrogens (tertiary/aromatic N) is 5. The molecule has 2 saturated heterocycles. The number of hydrogen-bond donors (Lipinski definition) is 0. The van der Waals surface area contributed by atoms with Gasteiger partial charge in [0.05, 0.1) is 6.54 Å². The van der Waals surface area contributed by atoms with Gasteiger partial charge in [-0.3, -0.25) is 9.59 Å². The average molecular weight is 365 g/mol. The minimum Gasteiger partial charge on any atom is -0.338 e. The lowest BCUT2D eigenvalue weighted by atomic mass is 9.99. The molecule has 3 heterocycles. The van der Waals surface area contributed by atoms with Crippen LogP contribution in [0.4, 0.5) is 5.95 Å². The second-order valence-corrected chi connectivity index (χ2v) is 7.00. The standard InChI is InChI=1S/C20H23N5O2/c26-18-13-17(16-5-2-1-3-6-16)14-25(18)15-19(27)23-9-11-24(12-10-23)20-21-7-4-8-22-20/h1-8,17H,9-15H2/t17-/m0/s1. The number of anilines is 1. The Kier molecular flexibility index (Phi) is 5.00. The van der Waals surface area contributed by atoms with Gasteiger partial charge in [0.15, 0.2) is 0 Å². The third-order valence-corrected chi connectivity index (χ3v) is 5.28. The molecule has 2 aliphatic heterocycles. The zero-order valence-corrected chi connectivity index (χ0v) is 15.2. The first-order valence-electron chi connectivity index (χ1n) is 9.33. The summed E-state index contributed by atoms with van der Waals surface area (Å²) in [7, 11) is 0. The third-order valence-electron chi connectivity index (χ3n) is 5.28. The minimum absolute atomic E-state index is 0.0192. The van der Waals surface area contributed by atoms with Gasteiger partial charge in [-0.2, -0.15) is 0 Å². The molecule has 7 heteroatoms. The van der Waals surface area contributed by atoms with Crippen molar-refractivity contribution in [2.75, 3.05) is 44.2 Å². The minimum atomic E-state index is 0.0192. The Balaban J connectivity index is 1.30. The summed E-state index contributed by atoms with van der Waals surface area (Å²) in [5.74, 6) is 0.961. The van der Waals surface area contributed by atoms with Gasteiger partial charge in [0.25, 0.3) is 0 Å². The van der Waals surface area contributed by atoms with Crippen LogP contribution in [0.5, 0.6) is 0 Å². The Hall–Kier alpha value is -2.96. The normalized spacial score (nSPS) is 20.2. The molecule has 7 nitrogen and oxygen atoms in total. The van der Waals surface area contributed by atoms with Gasteiger partial charge >= 0.3 is 0 Å². The molecule has 0 N–H and O–H groups in total. The summed E-state index contributed by atoms with van der Waals surface area (Å²) in [6, 6.07) is 11.8. The molecule has 1 atom stereocenters. The van der Waals surface area contributed by atoms with Gasteiger partial charge in [-0.25, -0.2) is 9.97 Å². The zero-order chi connectivity index (χ0) is 18.6. The molecular weight excluding hydrogens is 342 g/mol. The molecule has 2 aromatic rings. The lowest BCUT2D eigenvalue weighted by Crippen LogP contribution is -2.51. The van der Waals surface area contributed by atoms with Gasteiger partial charge in [-0.15, -0.1) is 0 Å². The highest BCUT2D eigenvalue weighted by atomic mass is 16.2. The quantitative estimate of drug-likeness (QED) is 0.813. The number of likely N-dealkylation sites (tertiary alicyclic amines) is 1. The Labute approximate surface area is 158 Å². The van der Waals surface area contributed by atoms with E-state index in [4.69, 9.17) is 0 Å². The van der Waals surface area contributed by atoms with Crippen molar-refractivity contribution < 1.29 is 9.59 Å². The van der Waals surface area contributed by atoms with Crippen molar-refractivity contribution in [3.63, 3.8) is 0 Å². The third kappa shape index (κ3) is 3.92. The van der Waals surface area contributed by atoms with Gasteiger partial charge < -0.3 is 14.7 Å². The Bertz CT molecular complexity index is 791. The average Bonchev–Trinajstić information content (AvgIpc) is 3.10. The predicted molar refractivity (Wildman–Crippen MR) is 101 cm³/mol. The van der Waals surface area contributed by atoms with Crippen LogP contribution < -0.4 is 4.90 Å². The molecule has 2 amide bonds. The van der Waals surface area contributed by atoms with Gasteiger partial charge in [-0.1, -0.05) is 30.3 Å². The Morgan fingerprint density at radius 3 is 2.41 bits per heavy atom. The molecule has 2 aliphatic rings. The summed E-state index contributed by atoms with van der Waals surface area (Å²) in [5, 5.41) is 0. The van der Waals surface area contributed by atoms with Crippen LogP contribution in [0.25, 0.3) is 0 Å². The lowest BCUT2D eigenvalue weighted by Gasteiger charge is -2.35. The SMILES string of the molecule is O=C(CN1C[C@@H](c2ccccc2)CC1=O)N1CCN(c2ncccn2)CC1. The smallest absolute Gasteiger partial charge is 0.242 e. The van der Waals surface area contributed by atoms with Crippen LogP contribution in [0, 0.1) is 0 Å².